The summed E-state index contributed by atoms with van der Waals surface area (Å²) in [5, 5.41) is 8.27. The van der Waals surface area contributed by atoms with Crippen LogP contribution < -0.4 is 4.74 Å². The molecule has 3 rings (SSSR count). The fourth-order valence-corrected chi connectivity index (χ4v) is 1.95. The molecule has 0 spiro atoms. The van der Waals surface area contributed by atoms with E-state index in [-0.39, 0.29) is 19.1 Å². The number of azo groups is 1. The molecule has 0 N–H and O–H groups in total. The standard InChI is InChI=1S/C15H13N3O.ClH/c1-2-5-12(6-3-1)19-11-17-18-15-8-4-7-14-13(15)9-10-16-14;/h1-8,10H,9,11H2;1H. The number of rotatable bonds is 4. The molecule has 0 atom stereocenters. The number of ether oxygens (including phenoxy) is 1. The van der Waals surface area contributed by atoms with Crippen LogP contribution in [0.2, 0.25) is 0 Å². The molecule has 0 saturated heterocycles. The van der Waals surface area contributed by atoms with Crippen molar-refractivity contribution in [2.45, 2.75) is 6.42 Å². The van der Waals surface area contributed by atoms with Crippen LogP contribution in [0, 0.1) is 0 Å². The zero-order chi connectivity index (χ0) is 12.9. The Labute approximate surface area is 123 Å². The molecular formula is C15H14ClN3O. The van der Waals surface area contributed by atoms with Gasteiger partial charge in [-0.2, -0.15) is 5.11 Å². The SMILES string of the molecule is C1=Nc2cccc(N=NCOc3ccccc3)c2C1.Cl. The number of halogens is 1. The maximum atomic E-state index is 5.46. The van der Waals surface area contributed by atoms with Crippen LogP contribution in [-0.4, -0.2) is 12.9 Å². The largest absolute Gasteiger partial charge is 0.470 e. The van der Waals surface area contributed by atoms with Gasteiger partial charge in [-0.1, -0.05) is 24.3 Å². The Morgan fingerprint density at radius 2 is 1.90 bits per heavy atom. The Morgan fingerprint density at radius 3 is 2.75 bits per heavy atom. The van der Waals surface area contributed by atoms with Gasteiger partial charge < -0.3 is 4.74 Å². The lowest BCUT2D eigenvalue weighted by atomic mass is 10.1. The van der Waals surface area contributed by atoms with E-state index in [9.17, 15) is 0 Å². The molecule has 0 amide bonds. The van der Waals surface area contributed by atoms with Crippen LogP contribution in [0.1, 0.15) is 5.56 Å². The second kappa shape index (κ2) is 6.82. The number of fused-ring (bicyclic) bond motifs is 1. The van der Waals surface area contributed by atoms with Gasteiger partial charge in [0.05, 0.1) is 11.4 Å². The molecule has 0 aromatic heterocycles. The first-order chi connectivity index (χ1) is 9.43. The molecule has 2 aromatic carbocycles. The minimum atomic E-state index is 0. The van der Waals surface area contributed by atoms with Crippen LogP contribution >= 0.6 is 12.4 Å². The monoisotopic (exact) mass is 287 g/mol. The molecule has 1 heterocycles. The highest BCUT2D eigenvalue weighted by atomic mass is 35.5. The molecule has 0 fully saturated rings. The second-order valence-corrected chi connectivity index (χ2v) is 4.12. The van der Waals surface area contributed by atoms with Gasteiger partial charge in [0.2, 0.25) is 0 Å². The Hall–Kier alpha value is -2.20. The van der Waals surface area contributed by atoms with Crippen molar-refractivity contribution in [3.05, 3.63) is 54.1 Å². The fourth-order valence-electron chi connectivity index (χ4n) is 1.95. The third-order valence-corrected chi connectivity index (χ3v) is 2.86. The first-order valence-electron chi connectivity index (χ1n) is 6.13. The number of para-hydroxylation sites is 1. The summed E-state index contributed by atoms with van der Waals surface area (Å²) >= 11 is 0. The molecule has 0 bridgehead atoms. The minimum Gasteiger partial charge on any atom is -0.470 e. The van der Waals surface area contributed by atoms with E-state index < -0.39 is 0 Å². The van der Waals surface area contributed by atoms with E-state index in [2.05, 4.69) is 15.2 Å². The van der Waals surface area contributed by atoms with E-state index in [0.717, 1.165) is 29.1 Å². The molecule has 5 heteroatoms. The summed E-state index contributed by atoms with van der Waals surface area (Å²) in [6.45, 7) is 0.217. The van der Waals surface area contributed by atoms with Gasteiger partial charge in [-0.05, 0) is 24.3 Å². The van der Waals surface area contributed by atoms with Crippen molar-refractivity contribution in [3.8, 4) is 5.75 Å². The van der Waals surface area contributed by atoms with Crippen LogP contribution in [0.4, 0.5) is 11.4 Å². The molecule has 4 nitrogen and oxygen atoms in total. The first-order valence-corrected chi connectivity index (χ1v) is 6.13. The Balaban J connectivity index is 0.00000147. The van der Waals surface area contributed by atoms with Crippen molar-refractivity contribution in [2.75, 3.05) is 6.73 Å². The Morgan fingerprint density at radius 1 is 1.05 bits per heavy atom. The van der Waals surface area contributed by atoms with Gasteiger partial charge in [0.1, 0.15) is 5.75 Å². The number of nitrogens with zero attached hydrogens (tertiary/aromatic N) is 3. The zero-order valence-electron chi connectivity index (χ0n) is 10.8. The van der Waals surface area contributed by atoms with Gasteiger partial charge in [-0.15, -0.1) is 17.5 Å². The van der Waals surface area contributed by atoms with Crippen LogP contribution in [0.3, 0.4) is 0 Å². The minimum absolute atomic E-state index is 0. The first kappa shape index (κ1) is 14.2. The van der Waals surface area contributed by atoms with E-state index >= 15 is 0 Å². The van der Waals surface area contributed by atoms with Gasteiger partial charge in [-0.3, -0.25) is 4.99 Å². The number of benzene rings is 2. The van der Waals surface area contributed by atoms with Crippen molar-refractivity contribution < 1.29 is 4.74 Å². The Kier molecular flexibility index (Phi) is 4.85. The quantitative estimate of drug-likeness (QED) is 0.764. The smallest absolute Gasteiger partial charge is 0.198 e. The average Bonchev–Trinajstić information content (AvgIpc) is 2.94. The number of hydrogen-bond donors (Lipinski definition) is 0. The van der Waals surface area contributed by atoms with E-state index in [0.29, 0.717) is 0 Å². The molecular weight excluding hydrogens is 274 g/mol. The topological polar surface area (TPSA) is 46.3 Å². The maximum Gasteiger partial charge on any atom is 0.198 e. The lowest BCUT2D eigenvalue weighted by molar-refractivity contribution is 0.323. The average molecular weight is 288 g/mol. The van der Waals surface area contributed by atoms with Gasteiger partial charge in [0.25, 0.3) is 0 Å². The van der Waals surface area contributed by atoms with E-state index in [1.54, 1.807) is 0 Å². The summed E-state index contributed by atoms with van der Waals surface area (Å²) in [6.07, 6.45) is 2.72. The molecule has 1 aliphatic heterocycles. The molecule has 20 heavy (non-hydrogen) atoms. The highest BCUT2D eigenvalue weighted by Crippen LogP contribution is 2.32. The molecule has 1 aliphatic rings. The van der Waals surface area contributed by atoms with E-state index in [1.807, 2.05) is 54.7 Å². The molecule has 0 unspecified atom stereocenters. The van der Waals surface area contributed by atoms with Crippen LogP contribution in [0.15, 0.2) is 63.8 Å². The Bertz CT molecular complexity index is 626. The highest BCUT2D eigenvalue weighted by Gasteiger charge is 2.10. The zero-order valence-corrected chi connectivity index (χ0v) is 11.6. The van der Waals surface area contributed by atoms with Crippen LogP contribution in [0.25, 0.3) is 0 Å². The third-order valence-electron chi connectivity index (χ3n) is 2.86. The predicted molar refractivity (Wildman–Crippen MR) is 82.0 cm³/mol. The predicted octanol–water partition coefficient (Wildman–Crippen LogP) is 4.49. The van der Waals surface area contributed by atoms with Crippen molar-refractivity contribution in [1.82, 2.24) is 0 Å². The number of aliphatic imine (C=N–C) groups is 1. The molecule has 2 aromatic rings. The highest BCUT2D eigenvalue weighted by molar-refractivity contribution is 5.85. The van der Waals surface area contributed by atoms with Gasteiger partial charge in [0, 0.05) is 18.2 Å². The maximum absolute atomic E-state index is 5.46. The molecule has 0 aliphatic carbocycles. The third kappa shape index (κ3) is 3.22. The van der Waals surface area contributed by atoms with Crippen molar-refractivity contribution in [3.63, 3.8) is 0 Å². The normalized spacial score (nSPS) is 12.2. The van der Waals surface area contributed by atoms with Gasteiger partial charge in [0.15, 0.2) is 6.73 Å². The van der Waals surface area contributed by atoms with Crippen LogP contribution in [-0.2, 0) is 6.42 Å². The van der Waals surface area contributed by atoms with Crippen molar-refractivity contribution >= 4 is 30.0 Å². The van der Waals surface area contributed by atoms with E-state index in [1.165, 1.54) is 0 Å². The van der Waals surface area contributed by atoms with Crippen molar-refractivity contribution in [1.29, 1.82) is 0 Å². The molecule has 0 radical (unpaired) electrons. The summed E-state index contributed by atoms with van der Waals surface area (Å²) in [5.41, 5.74) is 2.98. The number of hydrogen-bond acceptors (Lipinski definition) is 4. The van der Waals surface area contributed by atoms with Crippen LogP contribution in [0.5, 0.6) is 5.75 Å². The lowest BCUT2D eigenvalue weighted by Gasteiger charge is -2.02. The fraction of sp³-hybridized carbons (Fsp3) is 0.133. The molecule has 102 valence electrons. The van der Waals surface area contributed by atoms with E-state index in [4.69, 9.17) is 4.74 Å². The van der Waals surface area contributed by atoms with Gasteiger partial charge in [-0.25, -0.2) is 0 Å². The van der Waals surface area contributed by atoms with Crippen molar-refractivity contribution in [2.24, 2.45) is 15.2 Å². The summed E-state index contributed by atoms with van der Waals surface area (Å²) in [7, 11) is 0. The van der Waals surface area contributed by atoms with Gasteiger partial charge >= 0.3 is 0 Å². The molecule has 0 saturated carbocycles. The summed E-state index contributed by atoms with van der Waals surface area (Å²) < 4.78 is 5.46. The summed E-state index contributed by atoms with van der Waals surface area (Å²) in [5.74, 6) is 0.795. The summed E-state index contributed by atoms with van der Waals surface area (Å²) in [6, 6.07) is 15.4. The summed E-state index contributed by atoms with van der Waals surface area (Å²) in [4.78, 5) is 4.28. The second-order valence-electron chi connectivity index (χ2n) is 4.12. The lowest BCUT2D eigenvalue weighted by Crippen LogP contribution is -1.92.